The normalized spacial score (nSPS) is 14.3. The van der Waals surface area contributed by atoms with Gasteiger partial charge in [0.05, 0.1) is 11.6 Å². The van der Waals surface area contributed by atoms with Gasteiger partial charge >= 0.3 is 0 Å². The third kappa shape index (κ3) is 6.82. The Morgan fingerprint density at radius 1 is 1.15 bits per heavy atom. The van der Waals surface area contributed by atoms with E-state index in [9.17, 15) is 9.59 Å². The molecular weight excluding hydrogens is 448 g/mol. The van der Waals surface area contributed by atoms with Crippen molar-refractivity contribution in [2.45, 2.75) is 52.5 Å². The van der Waals surface area contributed by atoms with Crippen molar-refractivity contribution in [3.8, 4) is 6.07 Å². The number of anilines is 1. The summed E-state index contributed by atoms with van der Waals surface area (Å²) in [6.07, 6.45) is 5.20. The van der Waals surface area contributed by atoms with E-state index in [0.717, 1.165) is 31.2 Å². The summed E-state index contributed by atoms with van der Waals surface area (Å²) in [6, 6.07) is 13.8. The fourth-order valence-electron chi connectivity index (χ4n) is 4.28. The molecule has 1 aliphatic carbocycles. The van der Waals surface area contributed by atoms with E-state index in [1.54, 1.807) is 36.4 Å². The fraction of sp³-hybridized carbons (Fsp3) is 0.444. The van der Waals surface area contributed by atoms with E-state index in [0.29, 0.717) is 41.5 Å². The Kier molecular flexibility index (Phi) is 8.71. The zero-order valence-corrected chi connectivity index (χ0v) is 20.7. The van der Waals surface area contributed by atoms with Crippen LogP contribution in [-0.4, -0.2) is 29.8 Å². The lowest BCUT2D eigenvalue weighted by Crippen LogP contribution is -2.44. The number of halogens is 1. The molecule has 1 saturated carbocycles. The molecule has 34 heavy (non-hydrogen) atoms. The number of benzene rings is 2. The lowest BCUT2D eigenvalue weighted by molar-refractivity contribution is -0.138. The highest BCUT2D eigenvalue weighted by atomic mass is 35.5. The standard InChI is InChI=1S/C27H33ClN4O2/c1-27(2,17-30)18-32(26(34)21-6-4-3-5-7-21)16-22-14-23(12-13-24(22)28)31-25(33)20-10-8-19(15-29)9-11-20/h8-14,21H,3-7,16-18,30H2,1-2H3,(H,31,33). The Hall–Kier alpha value is -2.88. The maximum absolute atomic E-state index is 13.5. The molecule has 2 amide bonds. The maximum Gasteiger partial charge on any atom is 0.255 e. The van der Waals surface area contributed by atoms with E-state index in [2.05, 4.69) is 19.2 Å². The molecule has 3 N–H and O–H groups in total. The summed E-state index contributed by atoms with van der Waals surface area (Å²) in [5.74, 6) is -0.0816. The van der Waals surface area contributed by atoms with E-state index >= 15 is 0 Å². The molecule has 6 nitrogen and oxygen atoms in total. The smallest absolute Gasteiger partial charge is 0.255 e. The summed E-state index contributed by atoms with van der Waals surface area (Å²) in [5.41, 5.74) is 8.07. The van der Waals surface area contributed by atoms with Crippen LogP contribution in [0.1, 0.15) is 67.4 Å². The summed E-state index contributed by atoms with van der Waals surface area (Å²) < 4.78 is 0. The number of nitrogens with two attached hydrogens (primary N) is 1. The zero-order chi connectivity index (χ0) is 24.7. The molecule has 0 atom stereocenters. The Morgan fingerprint density at radius 3 is 2.44 bits per heavy atom. The molecular formula is C27H33ClN4O2. The van der Waals surface area contributed by atoms with Gasteiger partial charge in [-0.25, -0.2) is 0 Å². The average molecular weight is 481 g/mol. The van der Waals surface area contributed by atoms with Gasteiger partial charge in [0.1, 0.15) is 0 Å². The third-order valence-electron chi connectivity index (χ3n) is 6.38. The molecule has 0 unspecified atom stereocenters. The summed E-state index contributed by atoms with van der Waals surface area (Å²) in [4.78, 5) is 28.0. The second-order valence-corrected chi connectivity index (χ2v) is 10.3. The van der Waals surface area contributed by atoms with E-state index < -0.39 is 0 Å². The van der Waals surface area contributed by atoms with Crippen LogP contribution in [-0.2, 0) is 11.3 Å². The van der Waals surface area contributed by atoms with Crippen LogP contribution in [0.5, 0.6) is 0 Å². The van der Waals surface area contributed by atoms with Crippen LogP contribution in [0.4, 0.5) is 5.69 Å². The summed E-state index contributed by atoms with van der Waals surface area (Å²) in [5, 5.41) is 12.4. The van der Waals surface area contributed by atoms with Crippen molar-refractivity contribution in [1.82, 2.24) is 4.90 Å². The van der Waals surface area contributed by atoms with Crippen molar-refractivity contribution < 1.29 is 9.59 Å². The molecule has 0 saturated heterocycles. The molecule has 3 rings (SSSR count). The van der Waals surface area contributed by atoms with Gasteiger partial charge in [-0.3, -0.25) is 9.59 Å². The lowest BCUT2D eigenvalue weighted by atomic mass is 9.86. The number of hydrogen-bond donors (Lipinski definition) is 2. The zero-order valence-electron chi connectivity index (χ0n) is 19.9. The SMILES string of the molecule is CC(C)(CN)CN(Cc1cc(NC(=O)c2ccc(C#N)cc2)ccc1Cl)C(=O)C1CCCCC1. The maximum atomic E-state index is 13.5. The monoisotopic (exact) mass is 480 g/mol. The molecule has 2 aromatic rings. The van der Waals surface area contributed by atoms with Gasteiger partial charge in [0.2, 0.25) is 5.91 Å². The average Bonchev–Trinajstić information content (AvgIpc) is 2.85. The van der Waals surface area contributed by atoms with Crippen LogP contribution < -0.4 is 11.1 Å². The van der Waals surface area contributed by atoms with Crippen LogP contribution in [0.15, 0.2) is 42.5 Å². The number of carbonyl (C=O) groups excluding carboxylic acids is 2. The predicted molar refractivity (Wildman–Crippen MR) is 135 cm³/mol. The topological polar surface area (TPSA) is 99.2 Å². The number of hydrogen-bond acceptors (Lipinski definition) is 4. The second-order valence-electron chi connectivity index (χ2n) is 9.85. The van der Waals surface area contributed by atoms with Gasteiger partial charge < -0.3 is 16.0 Å². The quantitative estimate of drug-likeness (QED) is 0.531. The summed E-state index contributed by atoms with van der Waals surface area (Å²) in [7, 11) is 0. The van der Waals surface area contributed by atoms with Gasteiger partial charge in [-0.15, -0.1) is 0 Å². The first-order valence-electron chi connectivity index (χ1n) is 11.8. The van der Waals surface area contributed by atoms with Gasteiger partial charge in [0, 0.05) is 35.3 Å². The highest BCUT2D eigenvalue weighted by Gasteiger charge is 2.30. The minimum Gasteiger partial charge on any atom is -0.337 e. The van der Waals surface area contributed by atoms with Crippen molar-refractivity contribution in [2.75, 3.05) is 18.4 Å². The van der Waals surface area contributed by atoms with E-state index in [-0.39, 0.29) is 23.1 Å². The van der Waals surface area contributed by atoms with Crippen LogP contribution in [0.3, 0.4) is 0 Å². The summed E-state index contributed by atoms with van der Waals surface area (Å²) >= 11 is 6.52. The van der Waals surface area contributed by atoms with Crippen molar-refractivity contribution in [3.05, 3.63) is 64.2 Å². The second kappa shape index (κ2) is 11.5. The number of nitriles is 1. The van der Waals surface area contributed by atoms with Crippen LogP contribution in [0.25, 0.3) is 0 Å². The molecule has 180 valence electrons. The number of nitrogens with one attached hydrogen (secondary N) is 1. The van der Waals surface area contributed by atoms with Gasteiger partial charge in [0.25, 0.3) is 5.91 Å². The van der Waals surface area contributed by atoms with Crippen molar-refractivity contribution >= 4 is 29.1 Å². The lowest BCUT2D eigenvalue weighted by Gasteiger charge is -2.35. The number of rotatable bonds is 8. The Balaban J connectivity index is 1.79. The van der Waals surface area contributed by atoms with E-state index in [1.807, 2.05) is 17.0 Å². The van der Waals surface area contributed by atoms with Gasteiger partial charge in [-0.1, -0.05) is 44.7 Å². The number of amides is 2. The van der Waals surface area contributed by atoms with Crippen LogP contribution >= 0.6 is 11.6 Å². The highest BCUT2D eigenvalue weighted by Crippen LogP contribution is 2.30. The van der Waals surface area contributed by atoms with Gasteiger partial charge in [-0.2, -0.15) is 5.26 Å². The minimum absolute atomic E-state index is 0.0420. The first-order valence-corrected chi connectivity index (χ1v) is 12.2. The molecule has 0 spiro atoms. The molecule has 1 fully saturated rings. The Labute approximate surface area is 207 Å². The van der Waals surface area contributed by atoms with Gasteiger partial charge in [0.15, 0.2) is 0 Å². The number of carbonyl (C=O) groups is 2. The third-order valence-corrected chi connectivity index (χ3v) is 6.75. The fourth-order valence-corrected chi connectivity index (χ4v) is 4.46. The highest BCUT2D eigenvalue weighted by molar-refractivity contribution is 6.31. The molecule has 0 aliphatic heterocycles. The Morgan fingerprint density at radius 2 is 1.82 bits per heavy atom. The molecule has 0 heterocycles. The van der Waals surface area contributed by atoms with Crippen molar-refractivity contribution in [1.29, 1.82) is 5.26 Å². The largest absolute Gasteiger partial charge is 0.337 e. The summed E-state index contributed by atoms with van der Waals surface area (Å²) in [6.45, 7) is 5.49. The first kappa shape index (κ1) is 25.7. The predicted octanol–water partition coefficient (Wildman–Crippen LogP) is 5.36. The molecule has 0 aromatic heterocycles. The number of nitrogens with zero attached hydrogens (tertiary/aromatic N) is 2. The molecule has 0 bridgehead atoms. The molecule has 0 radical (unpaired) electrons. The molecule has 2 aromatic carbocycles. The van der Waals surface area contributed by atoms with Crippen LogP contribution in [0.2, 0.25) is 5.02 Å². The Bertz CT molecular complexity index is 1050. The first-order chi connectivity index (χ1) is 16.2. The molecule has 7 heteroatoms. The van der Waals surface area contributed by atoms with Gasteiger partial charge in [-0.05, 0) is 72.8 Å². The van der Waals surface area contributed by atoms with Crippen molar-refractivity contribution in [3.63, 3.8) is 0 Å². The van der Waals surface area contributed by atoms with E-state index in [1.165, 1.54) is 6.42 Å². The minimum atomic E-state index is -0.280. The van der Waals surface area contributed by atoms with Crippen molar-refractivity contribution in [2.24, 2.45) is 17.1 Å². The van der Waals surface area contributed by atoms with Crippen LogP contribution in [0, 0.1) is 22.7 Å². The van der Waals surface area contributed by atoms with E-state index in [4.69, 9.17) is 22.6 Å². The molecule has 1 aliphatic rings.